The lowest BCUT2D eigenvalue weighted by atomic mass is 9.97. The number of benzene rings is 2. The van der Waals surface area contributed by atoms with Crippen LogP contribution in [0.3, 0.4) is 0 Å². The molecule has 3 rings (SSSR count). The molecule has 0 spiro atoms. The molecule has 152 valence electrons. The van der Waals surface area contributed by atoms with Gasteiger partial charge in [0.1, 0.15) is 6.54 Å². The van der Waals surface area contributed by atoms with Crippen molar-refractivity contribution in [1.82, 2.24) is 14.5 Å². The van der Waals surface area contributed by atoms with E-state index in [0.29, 0.717) is 17.4 Å². The third kappa shape index (κ3) is 4.16. The van der Waals surface area contributed by atoms with Crippen LogP contribution >= 0.6 is 0 Å². The molecule has 6 nitrogen and oxygen atoms in total. The van der Waals surface area contributed by atoms with Gasteiger partial charge in [0.25, 0.3) is 5.56 Å². The van der Waals surface area contributed by atoms with Gasteiger partial charge in [-0.3, -0.25) is 18.7 Å². The van der Waals surface area contributed by atoms with Crippen molar-refractivity contribution in [1.29, 1.82) is 0 Å². The first-order valence-corrected chi connectivity index (χ1v) is 9.89. The molecule has 1 amide bonds. The van der Waals surface area contributed by atoms with E-state index in [1.807, 2.05) is 0 Å². The van der Waals surface area contributed by atoms with Crippen LogP contribution in [0.1, 0.15) is 29.2 Å². The maximum absolute atomic E-state index is 12.7. The summed E-state index contributed by atoms with van der Waals surface area (Å²) in [6.45, 7) is 8.61. The van der Waals surface area contributed by atoms with Crippen molar-refractivity contribution < 1.29 is 4.79 Å². The molecule has 1 heterocycles. The summed E-state index contributed by atoms with van der Waals surface area (Å²) in [5.41, 5.74) is 4.59. The highest BCUT2D eigenvalue weighted by Crippen LogP contribution is 2.16. The number of para-hydroxylation sites is 1. The molecule has 0 aliphatic carbocycles. The number of carbonyl (C=O) groups is 1. The van der Waals surface area contributed by atoms with Gasteiger partial charge in [-0.15, -0.1) is 0 Å². The number of nitrogens with one attached hydrogen (secondary N) is 1. The zero-order valence-electron chi connectivity index (χ0n) is 17.4. The molecule has 0 saturated heterocycles. The molecule has 0 unspecified atom stereocenters. The Labute approximate surface area is 169 Å². The molecule has 0 saturated carbocycles. The van der Waals surface area contributed by atoms with Crippen molar-refractivity contribution in [2.24, 2.45) is 0 Å². The van der Waals surface area contributed by atoms with E-state index in [2.05, 4.69) is 38.2 Å². The summed E-state index contributed by atoms with van der Waals surface area (Å²) in [4.78, 5) is 37.8. The minimum absolute atomic E-state index is 0.120. The molecule has 1 N–H and O–H groups in total. The average molecular weight is 393 g/mol. The van der Waals surface area contributed by atoms with Crippen LogP contribution in [0.15, 0.2) is 46.0 Å². The van der Waals surface area contributed by atoms with E-state index in [1.54, 1.807) is 31.2 Å². The fourth-order valence-corrected chi connectivity index (χ4v) is 3.93. The molecule has 6 heteroatoms. The van der Waals surface area contributed by atoms with Crippen LogP contribution in [0.25, 0.3) is 10.9 Å². The quantitative estimate of drug-likeness (QED) is 0.699. The summed E-state index contributed by atoms with van der Waals surface area (Å²) >= 11 is 0. The molecular weight excluding hydrogens is 366 g/mol. The van der Waals surface area contributed by atoms with E-state index in [-0.39, 0.29) is 24.6 Å². The molecule has 1 aromatic heterocycles. The number of hydrogen-bond acceptors (Lipinski definition) is 3. The van der Waals surface area contributed by atoms with Crippen molar-refractivity contribution in [3.05, 3.63) is 79.5 Å². The lowest BCUT2D eigenvalue weighted by Gasteiger charge is -2.14. The maximum atomic E-state index is 12.7. The van der Waals surface area contributed by atoms with Crippen LogP contribution in [0, 0.1) is 20.8 Å². The molecule has 0 fully saturated rings. The van der Waals surface area contributed by atoms with E-state index in [9.17, 15) is 14.4 Å². The second kappa shape index (κ2) is 8.47. The predicted octanol–water partition coefficient (Wildman–Crippen LogP) is 2.47. The van der Waals surface area contributed by atoms with Gasteiger partial charge in [-0.2, -0.15) is 0 Å². The molecule has 2 aromatic carbocycles. The smallest absolute Gasteiger partial charge is 0.331 e. The van der Waals surface area contributed by atoms with Gasteiger partial charge in [-0.25, -0.2) is 4.79 Å². The van der Waals surface area contributed by atoms with Gasteiger partial charge in [0, 0.05) is 13.1 Å². The molecule has 3 aromatic rings. The van der Waals surface area contributed by atoms with Gasteiger partial charge < -0.3 is 5.32 Å². The molecule has 0 radical (unpaired) electrons. The lowest BCUT2D eigenvalue weighted by Crippen LogP contribution is -2.42. The Morgan fingerprint density at radius 2 is 1.66 bits per heavy atom. The highest BCUT2D eigenvalue weighted by atomic mass is 16.2. The molecular formula is C23H27N3O3. The Bertz CT molecular complexity index is 1170. The topological polar surface area (TPSA) is 73.1 Å². The van der Waals surface area contributed by atoms with Crippen molar-refractivity contribution >= 4 is 16.8 Å². The van der Waals surface area contributed by atoms with Gasteiger partial charge >= 0.3 is 5.69 Å². The molecule has 0 aliphatic heterocycles. The van der Waals surface area contributed by atoms with Gasteiger partial charge in [-0.1, -0.05) is 29.8 Å². The number of rotatable bonds is 6. The summed E-state index contributed by atoms with van der Waals surface area (Å²) in [6, 6.07) is 11.2. The standard InChI is InChI=1S/C23H27N3O3/c1-5-25-22(28)19-8-6-7-9-20(19)26(23(25)29)14-21(27)24-11-10-18-16(3)12-15(2)13-17(18)4/h6-9,12-13H,5,10-11,14H2,1-4H3,(H,24,27). The SMILES string of the molecule is CCn1c(=O)c2ccccc2n(CC(=O)NCCc2c(C)cc(C)cc2C)c1=O. The molecule has 0 aliphatic rings. The zero-order valence-corrected chi connectivity index (χ0v) is 17.4. The maximum Gasteiger partial charge on any atom is 0.331 e. The second-order valence-corrected chi connectivity index (χ2v) is 7.41. The summed E-state index contributed by atoms with van der Waals surface area (Å²) in [6.07, 6.45) is 0.730. The highest BCUT2D eigenvalue weighted by molar-refractivity contribution is 5.81. The van der Waals surface area contributed by atoms with Crippen LogP contribution in [0.5, 0.6) is 0 Å². The molecule has 29 heavy (non-hydrogen) atoms. The van der Waals surface area contributed by atoms with Crippen molar-refractivity contribution in [2.45, 2.75) is 47.2 Å². The number of carbonyl (C=O) groups excluding carboxylic acids is 1. The van der Waals surface area contributed by atoms with Crippen LogP contribution in [0.2, 0.25) is 0 Å². The van der Waals surface area contributed by atoms with E-state index in [0.717, 1.165) is 11.0 Å². The first-order valence-electron chi connectivity index (χ1n) is 9.89. The van der Waals surface area contributed by atoms with Crippen molar-refractivity contribution in [3.63, 3.8) is 0 Å². The van der Waals surface area contributed by atoms with Crippen molar-refractivity contribution in [3.8, 4) is 0 Å². The van der Waals surface area contributed by atoms with E-state index < -0.39 is 5.69 Å². The van der Waals surface area contributed by atoms with Gasteiger partial charge in [0.2, 0.25) is 5.91 Å². The van der Waals surface area contributed by atoms with Crippen molar-refractivity contribution in [2.75, 3.05) is 6.54 Å². The first-order chi connectivity index (χ1) is 13.8. The third-order valence-corrected chi connectivity index (χ3v) is 5.29. The van der Waals surface area contributed by atoms with Crippen LogP contribution in [-0.2, 0) is 24.3 Å². The first kappa shape index (κ1) is 20.6. The normalized spacial score (nSPS) is 11.0. The number of aryl methyl sites for hydroxylation is 3. The zero-order chi connectivity index (χ0) is 21.1. The van der Waals surface area contributed by atoms with Gasteiger partial charge in [0.05, 0.1) is 10.9 Å². The summed E-state index contributed by atoms with van der Waals surface area (Å²) < 4.78 is 2.53. The van der Waals surface area contributed by atoms with Gasteiger partial charge in [-0.05, 0) is 62.9 Å². The largest absolute Gasteiger partial charge is 0.354 e. The van der Waals surface area contributed by atoms with Crippen LogP contribution in [0.4, 0.5) is 0 Å². The Morgan fingerprint density at radius 1 is 1.00 bits per heavy atom. The Hall–Kier alpha value is -3.15. The Kier molecular flexibility index (Phi) is 6.01. The van der Waals surface area contributed by atoms with E-state index in [4.69, 9.17) is 0 Å². The fourth-order valence-electron chi connectivity index (χ4n) is 3.93. The van der Waals surface area contributed by atoms with Crippen LogP contribution in [-0.4, -0.2) is 21.6 Å². The number of aromatic nitrogens is 2. The summed E-state index contributed by atoms with van der Waals surface area (Å²) in [5, 5.41) is 3.34. The number of hydrogen-bond donors (Lipinski definition) is 1. The van der Waals surface area contributed by atoms with Crippen LogP contribution < -0.4 is 16.6 Å². The Balaban J connectivity index is 1.79. The minimum Gasteiger partial charge on any atom is -0.354 e. The number of fused-ring (bicyclic) bond motifs is 1. The number of nitrogens with zero attached hydrogens (tertiary/aromatic N) is 2. The highest BCUT2D eigenvalue weighted by Gasteiger charge is 2.14. The number of amides is 1. The summed E-state index contributed by atoms with van der Waals surface area (Å²) in [7, 11) is 0. The summed E-state index contributed by atoms with van der Waals surface area (Å²) in [5.74, 6) is -0.249. The molecule has 0 atom stereocenters. The average Bonchev–Trinajstić information content (AvgIpc) is 2.67. The third-order valence-electron chi connectivity index (χ3n) is 5.29. The Morgan fingerprint density at radius 3 is 2.31 bits per heavy atom. The monoisotopic (exact) mass is 393 g/mol. The van der Waals surface area contributed by atoms with E-state index >= 15 is 0 Å². The molecule has 0 bridgehead atoms. The van der Waals surface area contributed by atoms with E-state index in [1.165, 1.54) is 26.8 Å². The van der Waals surface area contributed by atoms with Gasteiger partial charge in [0.15, 0.2) is 0 Å². The lowest BCUT2D eigenvalue weighted by molar-refractivity contribution is -0.121. The second-order valence-electron chi connectivity index (χ2n) is 7.41. The predicted molar refractivity (Wildman–Crippen MR) is 116 cm³/mol. The minimum atomic E-state index is -0.462. The fraction of sp³-hybridized carbons (Fsp3) is 0.348.